The summed E-state index contributed by atoms with van der Waals surface area (Å²) in [5.41, 5.74) is 0.0987. The molecule has 0 bridgehead atoms. The molecule has 1 aromatic carbocycles. The third-order valence-corrected chi connectivity index (χ3v) is 2.85. The first-order chi connectivity index (χ1) is 7.58. The van der Waals surface area contributed by atoms with Gasteiger partial charge in [-0.1, -0.05) is 0 Å². The van der Waals surface area contributed by atoms with Crippen LogP contribution >= 0.6 is 0 Å². The molecule has 1 saturated carbocycles. The third-order valence-electron chi connectivity index (χ3n) is 2.85. The van der Waals surface area contributed by atoms with Crippen molar-refractivity contribution in [3.63, 3.8) is 0 Å². The maximum Gasteiger partial charge on any atom is 0.196 e. The number of rotatable bonds is 4. The second kappa shape index (κ2) is 3.94. The monoisotopic (exact) mass is 226 g/mol. The van der Waals surface area contributed by atoms with Crippen molar-refractivity contribution in [1.29, 1.82) is 0 Å². The van der Waals surface area contributed by atoms with E-state index in [9.17, 15) is 9.50 Å². The van der Waals surface area contributed by atoms with Crippen LogP contribution in [0.15, 0.2) is 12.1 Å². The summed E-state index contributed by atoms with van der Waals surface area (Å²) in [6.45, 7) is 0. The average molecular weight is 226 g/mol. The van der Waals surface area contributed by atoms with E-state index in [2.05, 4.69) is 0 Å². The van der Waals surface area contributed by atoms with Crippen LogP contribution in [-0.4, -0.2) is 24.9 Å². The van der Waals surface area contributed by atoms with Crippen molar-refractivity contribution >= 4 is 0 Å². The second-order valence-electron chi connectivity index (χ2n) is 4.21. The summed E-state index contributed by atoms with van der Waals surface area (Å²) in [5.74, 6) is 0.0110. The molecule has 3 nitrogen and oxygen atoms in total. The predicted octanol–water partition coefficient (Wildman–Crippen LogP) is 1.91. The fourth-order valence-electron chi connectivity index (χ4n) is 1.77. The zero-order valence-corrected chi connectivity index (χ0v) is 9.42. The highest BCUT2D eigenvalue weighted by Crippen LogP contribution is 2.40. The number of aliphatic hydroxyl groups is 1. The minimum atomic E-state index is -0.633. The Labute approximate surface area is 93.8 Å². The Morgan fingerprint density at radius 2 is 2.00 bits per heavy atom. The van der Waals surface area contributed by atoms with E-state index in [1.54, 1.807) is 6.07 Å². The van der Waals surface area contributed by atoms with Gasteiger partial charge in [-0.3, -0.25) is 0 Å². The van der Waals surface area contributed by atoms with Crippen LogP contribution in [0.3, 0.4) is 0 Å². The number of methoxy groups -OCH3 is 2. The molecule has 1 aliphatic rings. The van der Waals surface area contributed by atoms with Crippen LogP contribution in [0, 0.1) is 5.82 Å². The Balaban J connectivity index is 2.30. The predicted molar refractivity (Wildman–Crippen MR) is 57.4 cm³/mol. The molecule has 0 heterocycles. The van der Waals surface area contributed by atoms with Gasteiger partial charge in [0.1, 0.15) is 0 Å². The van der Waals surface area contributed by atoms with Gasteiger partial charge in [0.15, 0.2) is 17.3 Å². The molecule has 1 N–H and O–H groups in total. The number of halogens is 1. The Bertz CT molecular complexity index is 399. The Morgan fingerprint density at radius 1 is 1.31 bits per heavy atom. The van der Waals surface area contributed by atoms with Crippen LogP contribution in [0.5, 0.6) is 11.5 Å². The van der Waals surface area contributed by atoms with E-state index in [-0.39, 0.29) is 5.75 Å². The molecule has 1 aliphatic carbocycles. The molecule has 0 aromatic heterocycles. The first kappa shape index (κ1) is 11.2. The lowest BCUT2D eigenvalue weighted by atomic mass is 10.1. The first-order valence-corrected chi connectivity index (χ1v) is 5.21. The largest absolute Gasteiger partial charge is 0.493 e. The van der Waals surface area contributed by atoms with Crippen molar-refractivity contribution in [3.8, 4) is 11.5 Å². The molecule has 0 saturated heterocycles. The molecular weight excluding hydrogens is 211 g/mol. The van der Waals surface area contributed by atoms with E-state index in [1.807, 2.05) is 0 Å². The van der Waals surface area contributed by atoms with Gasteiger partial charge in [0.2, 0.25) is 0 Å². The molecule has 0 radical (unpaired) electrons. The van der Waals surface area contributed by atoms with Crippen LogP contribution in [0.4, 0.5) is 4.39 Å². The number of hydrogen-bond acceptors (Lipinski definition) is 3. The molecule has 16 heavy (non-hydrogen) atoms. The second-order valence-corrected chi connectivity index (χ2v) is 4.21. The van der Waals surface area contributed by atoms with Crippen LogP contribution in [0.1, 0.15) is 18.4 Å². The topological polar surface area (TPSA) is 38.7 Å². The highest BCUT2D eigenvalue weighted by molar-refractivity contribution is 5.44. The molecular formula is C12H15FO3. The SMILES string of the molecule is COc1cc(CC2(O)CC2)cc(F)c1OC. The molecule has 2 rings (SSSR count). The molecule has 4 heteroatoms. The molecule has 0 aliphatic heterocycles. The van der Waals surface area contributed by atoms with Gasteiger partial charge in [-0.2, -0.15) is 0 Å². The number of benzene rings is 1. The molecule has 0 spiro atoms. The quantitative estimate of drug-likeness (QED) is 0.852. The molecule has 0 amide bonds. The maximum atomic E-state index is 13.6. The van der Waals surface area contributed by atoms with E-state index < -0.39 is 11.4 Å². The van der Waals surface area contributed by atoms with Crippen molar-refractivity contribution in [2.75, 3.05) is 14.2 Å². The van der Waals surface area contributed by atoms with Gasteiger partial charge in [-0.15, -0.1) is 0 Å². The number of hydrogen-bond donors (Lipinski definition) is 1. The van der Waals surface area contributed by atoms with Gasteiger partial charge < -0.3 is 14.6 Å². The van der Waals surface area contributed by atoms with Crippen molar-refractivity contribution in [2.24, 2.45) is 0 Å². The minimum absolute atomic E-state index is 0.106. The highest BCUT2D eigenvalue weighted by atomic mass is 19.1. The summed E-state index contributed by atoms with van der Waals surface area (Å²) >= 11 is 0. The van der Waals surface area contributed by atoms with Crippen LogP contribution < -0.4 is 9.47 Å². The van der Waals surface area contributed by atoms with Crippen molar-refractivity contribution in [2.45, 2.75) is 24.9 Å². The standard InChI is InChI=1S/C12H15FO3/c1-15-10-6-8(7-12(14)3-4-12)5-9(13)11(10)16-2/h5-6,14H,3-4,7H2,1-2H3. The Hall–Kier alpha value is -1.29. The molecule has 88 valence electrons. The van der Waals surface area contributed by atoms with Crippen molar-refractivity contribution < 1.29 is 19.0 Å². The molecule has 0 atom stereocenters. The Kier molecular flexibility index (Phi) is 2.76. The third kappa shape index (κ3) is 2.11. The normalized spacial score (nSPS) is 17.0. The van der Waals surface area contributed by atoms with E-state index in [0.29, 0.717) is 12.2 Å². The minimum Gasteiger partial charge on any atom is -0.493 e. The summed E-state index contributed by atoms with van der Waals surface area (Å²) in [6, 6.07) is 3.09. The van der Waals surface area contributed by atoms with Gasteiger partial charge in [0, 0.05) is 6.42 Å². The van der Waals surface area contributed by atoms with E-state index >= 15 is 0 Å². The van der Waals surface area contributed by atoms with Gasteiger partial charge in [-0.25, -0.2) is 4.39 Å². The van der Waals surface area contributed by atoms with Crippen LogP contribution in [-0.2, 0) is 6.42 Å². The van der Waals surface area contributed by atoms with Gasteiger partial charge in [0.05, 0.1) is 19.8 Å². The zero-order chi connectivity index (χ0) is 11.8. The van der Waals surface area contributed by atoms with Gasteiger partial charge in [0.25, 0.3) is 0 Å². The first-order valence-electron chi connectivity index (χ1n) is 5.21. The Morgan fingerprint density at radius 3 is 2.50 bits per heavy atom. The van der Waals surface area contributed by atoms with E-state index in [0.717, 1.165) is 18.4 Å². The summed E-state index contributed by atoms with van der Waals surface area (Å²) in [7, 11) is 2.86. The van der Waals surface area contributed by atoms with Gasteiger partial charge >= 0.3 is 0 Å². The van der Waals surface area contributed by atoms with Crippen LogP contribution in [0.25, 0.3) is 0 Å². The average Bonchev–Trinajstić information content (AvgIpc) is 2.95. The summed E-state index contributed by atoms with van der Waals surface area (Å²) < 4.78 is 23.6. The zero-order valence-electron chi connectivity index (χ0n) is 9.42. The molecule has 1 fully saturated rings. The lowest BCUT2D eigenvalue weighted by Crippen LogP contribution is -2.11. The fourth-order valence-corrected chi connectivity index (χ4v) is 1.77. The molecule has 0 unspecified atom stereocenters. The lowest BCUT2D eigenvalue weighted by Gasteiger charge is -2.12. The van der Waals surface area contributed by atoms with Crippen molar-refractivity contribution in [1.82, 2.24) is 0 Å². The maximum absolute atomic E-state index is 13.6. The highest BCUT2D eigenvalue weighted by Gasteiger charge is 2.40. The summed E-state index contributed by atoms with van der Waals surface area (Å²) in [6.07, 6.45) is 2.02. The fraction of sp³-hybridized carbons (Fsp3) is 0.500. The summed E-state index contributed by atoms with van der Waals surface area (Å²) in [5, 5.41) is 9.77. The van der Waals surface area contributed by atoms with E-state index in [1.165, 1.54) is 20.3 Å². The van der Waals surface area contributed by atoms with Gasteiger partial charge in [-0.05, 0) is 30.5 Å². The lowest BCUT2D eigenvalue weighted by molar-refractivity contribution is 0.150. The smallest absolute Gasteiger partial charge is 0.196 e. The van der Waals surface area contributed by atoms with Crippen molar-refractivity contribution in [3.05, 3.63) is 23.5 Å². The van der Waals surface area contributed by atoms with E-state index in [4.69, 9.17) is 9.47 Å². The van der Waals surface area contributed by atoms with Crippen LogP contribution in [0.2, 0.25) is 0 Å². The number of ether oxygens (including phenoxy) is 2. The molecule has 1 aromatic rings. The summed E-state index contributed by atoms with van der Waals surface area (Å²) in [4.78, 5) is 0.